The lowest BCUT2D eigenvalue weighted by Crippen LogP contribution is -2.37. The molecule has 3 aliphatic heterocycles. The molecule has 1 amide bonds. The highest BCUT2D eigenvalue weighted by Gasteiger charge is 2.36. The zero-order valence-corrected chi connectivity index (χ0v) is 27.7. The molecule has 3 aromatic rings. The number of carbonyl (C=O) groups is 2. The van der Waals surface area contributed by atoms with E-state index < -0.39 is 23.6 Å². The lowest BCUT2D eigenvalue weighted by molar-refractivity contribution is -0.142. The van der Waals surface area contributed by atoms with Crippen LogP contribution in [0.1, 0.15) is 66.4 Å². The number of carboxylic acids is 1. The molecule has 0 aliphatic carbocycles. The zero-order chi connectivity index (χ0) is 33.8. The van der Waals surface area contributed by atoms with Gasteiger partial charge < -0.3 is 19.6 Å². The van der Waals surface area contributed by atoms with E-state index in [1.165, 1.54) is 35.9 Å². The second-order valence-corrected chi connectivity index (χ2v) is 13.6. The zero-order valence-electron chi connectivity index (χ0n) is 26.8. The fourth-order valence-corrected chi connectivity index (χ4v) is 7.80. The molecule has 3 fully saturated rings. The van der Waals surface area contributed by atoms with E-state index in [0.29, 0.717) is 81.9 Å². The molecule has 0 bridgehead atoms. The van der Waals surface area contributed by atoms with Gasteiger partial charge >= 0.3 is 12.1 Å². The predicted molar refractivity (Wildman–Crippen MR) is 176 cm³/mol. The van der Waals surface area contributed by atoms with E-state index in [9.17, 15) is 27.9 Å². The number of halogens is 3. The number of morpholine rings is 1. The number of ether oxygens (including phenoxy) is 1. The molecule has 258 valence electrons. The Kier molecular flexibility index (Phi) is 10.5. The van der Waals surface area contributed by atoms with Crippen LogP contribution in [0.5, 0.6) is 0 Å². The highest BCUT2D eigenvalue weighted by molar-refractivity contribution is 7.16. The molecule has 2 aromatic heterocycles. The van der Waals surface area contributed by atoms with Crippen molar-refractivity contribution < 1.29 is 32.6 Å². The Morgan fingerprint density at radius 3 is 2.48 bits per heavy atom. The number of piperidine rings is 1. The summed E-state index contributed by atoms with van der Waals surface area (Å²) in [6, 6.07) is 4.76. The molecule has 15 heteroatoms. The van der Waals surface area contributed by atoms with Crippen LogP contribution in [0.2, 0.25) is 0 Å². The van der Waals surface area contributed by atoms with Gasteiger partial charge in [-0.15, -0.1) is 0 Å². The maximum Gasteiger partial charge on any atom is 0.418 e. The second-order valence-electron chi connectivity index (χ2n) is 12.5. The first kappa shape index (κ1) is 34.1. The number of thiazole rings is 1. The van der Waals surface area contributed by atoms with Crippen LogP contribution in [-0.2, 0) is 22.3 Å². The van der Waals surface area contributed by atoms with E-state index in [-0.39, 0.29) is 22.4 Å². The van der Waals surface area contributed by atoms with Gasteiger partial charge in [-0.25, -0.2) is 15.0 Å². The fourth-order valence-electron chi connectivity index (χ4n) is 6.79. The third-order valence-electron chi connectivity index (χ3n) is 9.35. The van der Waals surface area contributed by atoms with Gasteiger partial charge in [0.25, 0.3) is 5.91 Å². The number of nitrogens with zero attached hydrogens (tertiary/aromatic N) is 6. The Bertz CT molecular complexity index is 1590. The molecule has 1 aromatic carbocycles. The number of rotatable bonds is 10. The molecule has 1 atom stereocenters. The van der Waals surface area contributed by atoms with E-state index >= 15 is 0 Å². The van der Waals surface area contributed by atoms with Crippen molar-refractivity contribution in [3.63, 3.8) is 0 Å². The van der Waals surface area contributed by atoms with Crippen LogP contribution in [0, 0.1) is 5.92 Å². The van der Waals surface area contributed by atoms with Crippen molar-refractivity contribution in [3.8, 4) is 11.3 Å². The van der Waals surface area contributed by atoms with Gasteiger partial charge in [-0.2, -0.15) is 13.2 Å². The van der Waals surface area contributed by atoms with Crippen LogP contribution in [0.15, 0.2) is 30.6 Å². The first-order valence-corrected chi connectivity index (χ1v) is 17.3. The number of hydrogen-bond donors (Lipinski definition) is 2. The maximum atomic E-state index is 14.4. The topological polar surface area (TPSA) is 124 Å². The summed E-state index contributed by atoms with van der Waals surface area (Å²) in [4.78, 5) is 44.7. The van der Waals surface area contributed by atoms with E-state index in [1.54, 1.807) is 11.0 Å². The highest BCUT2D eigenvalue weighted by Crippen LogP contribution is 2.42. The summed E-state index contributed by atoms with van der Waals surface area (Å²) in [5.41, 5.74) is 0.222. The van der Waals surface area contributed by atoms with Crippen LogP contribution in [0.25, 0.3) is 11.3 Å². The van der Waals surface area contributed by atoms with Gasteiger partial charge in [0.2, 0.25) is 0 Å². The molecular weight excluding hydrogens is 647 g/mol. The smallest absolute Gasteiger partial charge is 0.418 e. The predicted octanol–water partition coefficient (Wildman–Crippen LogP) is 5.77. The van der Waals surface area contributed by atoms with Gasteiger partial charge in [-0.3, -0.25) is 19.8 Å². The van der Waals surface area contributed by atoms with Gasteiger partial charge in [-0.05, 0) is 50.8 Å². The number of alkyl halides is 3. The van der Waals surface area contributed by atoms with Gasteiger partial charge in [0.05, 0.1) is 42.8 Å². The number of amides is 1. The number of benzene rings is 1. The van der Waals surface area contributed by atoms with E-state index in [4.69, 9.17) is 9.72 Å². The van der Waals surface area contributed by atoms with Crippen molar-refractivity contribution in [1.82, 2.24) is 19.9 Å². The molecule has 3 aliphatic rings. The number of carbonyl (C=O) groups excluding carboxylic acids is 1. The molecule has 0 radical (unpaired) electrons. The average molecular weight is 688 g/mol. The molecule has 2 N–H and O–H groups in total. The van der Waals surface area contributed by atoms with Crippen LogP contribution in [0.3, 0.4) is 0 Å². The molecule has 3 saturated heterocycles. The van der Waals surface area contributed by atoms with E-state index in [1.807, 2.05) is 4.90 Å². The highest BCUT2D eigenvalue weighted by atomic mass is 32.1. The fraction of sp³-hybridized carbons (Fsp3) is 0.545. The van der Waals surface area contributed by atoms with Crippen LogP contribution in [-0.4, -0.2) is 88.8 Å². The average Bonchev–Trinajstić information content (AvgIpc) is 3.71. The normalized spacial score (nSPS) is 19.5. The summed E-state index contributed by atoms with van der Waals surface area (Å²) in [5, 5.41) is 12.3. The first-order valence-electron chi connectivity index (χ1n) is 16.5. The van der Waals surface area contributed by atoms with Crippen molar-refractivity contribution in [1.29, 1.82) is 0 Å². The summed E-state index contributed by atoms with van der Waals surface area (Å²) < 4.78 is 48.7. The van der Waals surface area contributed by atoms with Crippen molar-refractivity contribution in [2.45, 2.75) is 64.2 Å². The Hall–Kier alpha value is -3.82. The lowest BCUT2D eigenvalue weighted by atomic mass is 9.97. The molecule has 11 nitrogen and oxygen atoms in total. The summed E-state index contributed by atoms with van der Waals surface area (Å²) in [5.74, 6) is -1.15. The number of aliphatic carboxylic acids is 1. The first-order chi connectivity index (χ1) is 23.1. The van der Waals surface area contributed by atoms with Crippen LogP contribution >= 0.6 is 11.3 Å². The number of hydrogen-bond acceptors (Lipinski definition) is 10. The van der Waals surface area contributed by atoms with Crippen molar-refractivity contribution in [2.24, 2.45) is 5.92 Å². The van der Waals surface area contributed by atoms with Gasteiger partial charge in [-0.1, -0.05) is 30.7 Å². The van der Waals surface area contributed by atoms with E-state index in [2.05, 4.69) is 27.1 Å². The molecule has 48 heavy (non-hydrogen) atoms. The Balaban J connectivity index is 1.25. The quantitative estimate of drug-likeness (QED) is 0.272. The summed E-state index contributed by atoms with van der Waals surface area (Å²) >= 11 is 1.26. The SMILES string of the molecule is CCC[C@@H]1CCCN1Cc1sc(NC(=O)c2cnc(N3CCC(C(=O)O)CC3)cn2)nc1-c1ccc(N2CCOCC2)c(C(F)(F)F)c1. The van der Waals surface area contributed by atoms with Gasteiger partial charge in [0.15, 0.2) is 5.13 Å². The number of aromatic nitrogens is 3. The molecule has 0 unspecified atom stereocenters. The number of likely N-dealkylation sites (tertiary alicyclic amines) is 1. The molecular formula is C33H40F3N7O4S. The van der Waals surface area contributed by atoms with Crippen molar-refractivity contribution in [3.05, 3.63) is 46.7 Å². The number of carboxylic acid groups (broad SMARTS) is 1. The summed E-state index contributed by atoms with van der Waals surface area (Å²) in [7, 11) is 0. The minimum Gasteiger partial charge on any atom is -0.481 e. The van der Waals surface area contributed by atoms with Gasteiger partial charge in [0.1, 0.15) is 11.5 Å². The van der Waals surface area contributed by atoms with E-state index in [0.717, 1.165) is 37.1 Å². The summed E-state index contributed by atoms with van der Waals surface area (Å²) in [6.07, 6.45) is 3.50. The molecule has 0 spiro atoms. The largest absolute Gasteiger partial charge is 0.481 e. The molecule has 0 saturated carbocycles. The third-order valence-corrected chi connectivity index (χ3v) is 10.3. The van der Waals surface area contributed by atoms with Crippen molar-refractivity contribution >= 4 is 39.9 Å². The maximum absolute atomic E-state index is 14.4. The lowest BCUT2D eigenvalue weighted by Gasteiger charge is -2.31. The third kappa shape index (κ3) is 7.73. The molecule has 6 rings (SSSR count). The second kappa shape index (κ2) is 14.7. The Morgan fingerprint density at radius 1 is 1.04 bits per heavy atom. The number of anilines is 3. The Morgan fingerprint density at radius 2 is 1.81 bits per heavy atom. The monoisotopic (exact) mass is 687 g/mol. The Labute approximate surface area is 281 Å². The van der Waals surface area contributed by atoms with Crippen molar-refractivity contribution in [2.75, 3.05) is 61.1 Å². The van der Waals surface area contributed by atoms with Gasteiger partial charge in [0, 0.05) is 54.9 Å². The summed E-state index contributed by atoms with van der Waals surface area (Å²) in [6.45, 7) is 6.10. The van der Waals surface area contributed by atoms with Crippen LogP contribution < -0.4 is 15.1 Å². The standard InChI is InChI=1S/C33H40F3N7O4S/c1-2-4-23-5-3-10-43(23)20-27-29(22-6-7-26(24(17-22)33(34,35)36)41-13-15-47-16-14-41)39-32(48-27)40-30(44)25-18-38-28(19-37-25)42-11-8-21(9-12-42)31(45)46/h6-7,17-19,21,23H,2-5,8-16,20H2,1H3,(H,45,46)(H,39,40,44)/t23-/m1/s1. The minimum atomic E-state index is -4.57. The number of nitrogens with one attached hydrogen (secondary N) is 1. The molecule has 5 heterocycles. The van der Waals surface area contributed by atoms with Crippen LogP contribution in [0.4, 0.5) is 29.8 Å². The minimum absolute atomic E-state index is 0.0641.